The fraction of sp³-hybridized carbons (Fsp3) is 0.312. The van der Waals surface area contributed by atoms with Gasteiger partial charge in [0.05, 0.1) is 17.3 Å². The highest BCUT2D eigenvalue weighted by molar-refractivity contribution is 7.84. The van der Waals surface area contributed by atoms with Crippen LogP contribution in [0.2, 0.25) is 0 Å². The smallest absolute Gasteiger partial charge is 0.252 e. The minimum Gasteiger partial charge on any atom is -0.287 e. The third kappa shape index (κ3) is 2.74. The molecule has 23 heavy (non-hydrogen) atoms. The molecule has 0 saturated heterocycles. The van der Waals surface area contributed by atoms with Crippen molar-refractivity contribution in [2.24, 2.45) is 0 Å². The molecule has 1 aliphatic carbocycles. The van der Waals surface area contributed by atoms with Gasteiger partial charge in [-0.3, -0.25) is 13.6 Å². The average molecular weight is 345 g/mol. The molecule has 1 fully saturated rings. The minimum absolute atomic E-state index is 0.0980. The van der Waals surface area contributed by atoms with Crippen LogP contribution in [0.1, 0.15) is 29.2 Å². The molecule has 7 heteroatoms. The van der Waals surface area contributed by atoms with E-state index in [1.807, 2.05) is 0 Å². The van der Waals surface area contributed by atoms with Crippen molar-refractivity contribution in [1.82, 2.24) is 14.5 Å². The monoisotopic (exact) mass is 345 g/mol. The summed E-state index contributed by atoms with van der Waals surface area (Å²) in [5.41, 5.74) is 1.80. The third-order valence-electron chi connectivity index (χ3n) is 4.06. The first-order valence-electron chi connectivity index (χ1n) is 7.40. The fourth-order valence-electron chi connectivity index (χ4n) is 2.73. The average Bonchev–Trinajstić information content (AvgIpc) is 3.29. The largest absolute Gasteiger partial charge is 0.287 e. The minimum atomic E-state index is -1.28. The van der Waals surface area contributed by atoms with Crippen LogP contribution >= 0.6 is 11.3 Å². The van der Waals surface area contributed by atoms with E-state index in [0.717, 1.165) is 5.39 Å². The molecule has 3 heterocycles. The first-order valence-corrected chi connectivity index (χ1v) is 9.83. The van der Waals surface area contributed by atoms with Gasteiger partial charge in [-0.1, -0.05) is 0 Å². The number of nitrogens with zero attached hydrogens (tertiary/aromatic N) is 3. The molecule has 0 aliphatic heterocycles. The molecule has 0 bridgehead atoms. The summed E-state index contributed by atoms with van der Waals surface area (Å²) in [6.07, 6.45) is 5.63. The lowest BCUT2D eigenvalue weighted by Crippen LogP contribution is -2.21. The van der Waals surface area contributed by atoms with E-state index in [-0.39, 0.29) is 10.7 Å². The molecule has 0 radical (unpaired) electrons. The van der Waals surface area contributed by atoms with E-state index in [1.165, 1.54) is 29.5 Å². The summed E-state index contributed by atoms with van der Waals surface area (Å²) in [5.74, 6) is 0.648. The van der Waals surface area contributed by atoms with E-state index in [0.29, 0.717) is 18.1 Å². The Labute approximate surface area is 139 Å². The Morgan fingerprint density at radius 2 is 2.17 bits per heavy atom. The predicted octanol–water partition coefficient (Wildman–Crippen LogP) is 2.52. The summed E-state index contributed by atoms with van der Waals surface area (Å²) < 4.78 is 13.3. The second-order valence-corrected chi connectivity index (χ2v) is 7.99. The van der Waals surface area contributed by atoms with Crippen molar-refractivity contribution in [2.45, 2.75) is 30.5 Å². The zero-order valence-electron chi connectivity index (χ0n) is 12.6. The van der Waals surface area contributed by atoms with Crippen molar-refractivity contribution < 1.29 is 4.21 Å². The van der Waals surface area contributed by atoms with E-state index in [2.05, 4.69) is 21.4 Å². The van der Waals surface area contributed by atoms with E-state index >= 15 is 0 Å². The molecule has 5 nitrogen and oxygen atoms in total. The number of fused-ring (bicyclic) bond motifs is 1. The molecule has 0 N–H and O–H groups in total. The molecule has 3 aromatic heterocycles. The van der Waals surface area contributed by atoms with Gasteiger partial charge in [-0.25, -0.2) is 9.97 Å². The Morgan fingerprint density at radius 3 is 2.91 bits per heavy atom. The molecule has 118 valence electrons. The summed E-state index contributed by atoms with van der Waals surface area (Å²) in [5, 5.41) is 3.12. The van der Waals surface area contributed by atoms with Crippen LogP contribution in [-0.4, -0.2) is 25.0 Å². The summed E-state index contributed by atoms with van der Waals surface area (Å²) in [6, 6.07) is 5.42. The number of thiophene rings is 1. The van der Waals surface area contributed by atoms with Crippen LogP contribution in [0.5, 0.6) is 0 Å². The molecule has 0 spiro atoms. The van der Waals surface area contributed by atoms with E-state index in [1.54, 1.807) is 34.2 Å². The van der Waals surface area contributed by atoms with Gasteiger partial charge in [0, 0.05) is 28.8 Å². The van der Waals surface area contributed by atoms with Crippen LogP contribution in [0.25, 0.3) is 11.0 Å². The van der Waals surface area contributed by atoms with Crippen molar-refractivity contribution in [1.29, 1.82) is 0 Å². The molecule has 1 atom stereocenters. The van der Waals surface area contributed by atoms with Crippen LogP contribution < -0.4 is 5.56 Å². The molecular formula is C16H15N3O2S2. The van der Waals surface area contributed by atoms with Gasteiger partial charge in [0.1, 0.15) is 5.65 Å². The van der Waals surface area contributed by atoms with Crippen LogP contribution in [0.3, 0.4) is 0 Å². The maximum absolute atomic E-state index is 12.4. The number of rotatable bonds is 4. The molecule has 1 saturated carbocycles. The van der Waals surface area contributed by atoms with Gasteiger partial charge >= 0.3 is 0 Å². The van der Waals surface area contributed by atoms with Gasteiger partial charge in [0.15, 0.2) is 0 Å². The second-order valence-electron chi connectivity index (χ2n) is 5.72. The van der Waals surface area contributed by atoms with Crippen molar-refractivity contribution in [2.75, 3.05) is 6.26 Å². The van der Waals surface area contributed by atoms with Crippen LogP contribution in [0, 0.1) is 0 Å². The van der Waals surface area contributed by atoms with Crippen LogP contribution in [-0.2, 0) is 17.3 Å². The van der Waals surface area contributed by atoms with Crippen molar-refractivity contribution >= 4 is 33.2 Å². The summed E-state index contributed by atoms with van der Waals surface area (Å²) in [4.78, 5) is 22.0. The lowest BCUT2D eigenvalue weighted by molar-refractivity contribution is 0.679. The number of pyridine rings is 1. The highest BCUT2D eigenvalue weighted by atomic mass is 32.2. The lowest BCUT2D eigenvalue weighted by Gasteiger charge is -2.10. The molecule has 0 amide bonds. The first kappa shape index (κ1) is 14.7. The number of hydrogen-bond acceptors (Lipinski definition) is 5. The normalized spacial score (nSPS) is 15.9. The van der Waals surface area contributed by atoms with Gasteiger partial charge in [-0.15, -0.1) is 11.3 Å². The van der Waals surface area contributed by atoms with Gasteiger partial charge in [-0.05, 0) is 41.8 Å². The quantitative estimate of drug-likeness (QED) is 0.682. The highest BCUT2D eigenvalue weighted by Crippen LogP contribution is 2.43. The Kier molecular flexibility index (Phi) is 3.61. The predicted molar refractivity (Wildman–Crippen MR) is 91.5 cm³/mol. The molecule has 1 aliphatic rings. The Morgan fingerprint density at radius 1 is 1.35 bits per heavy atom. The number of hydrogen-bond donors (Lipinski definition) is 0. The zero-order valence-corrected chi connectivity index (χ0v) is 14.2. The molecule has 4 rings (SSSR count). The zero-order chi connectivity index (χ0) is 16.0. The van der Waals surface area contributed by atoms with E-state index in [4.69, 9.17) is 0 Å². The SMILES string of the molecule is CS(=O)c1ncc2ccc(=O)n(Cc3sccc3C3CC3)c2n1. The Bertz CT molecular complexity index is 973. The summed E-state index contributed by atoms with van der Waals surface area (Å²) >= 11 is 1.68. The molecule has 3 aromatic rings. The standard InChI is InChI=1S/C16H15N3O2S2/c1-23(21)16-17-8-11-4-5-14(20)19(15(11)18-16)9-13-12(6-7-22-13)10-2-3-10/h4-8,10H,2-3,9H2,1H3. The van der Waals surface area contributed by atoms with Gasteiger partial charge in [0.25, 0.3) is 5.56 Å². The number of aromatic nitrogens is 3. The maximum atomic E-state index is 12.4. The highest BCUT2D eigenvalue weighted by Gasteiger charge is 2.27. The van der Waals surface area contributed by atoms with E-state index < -0.39 is 10.8 Å². The first-order chi connectivity index (χ1) is 11.1. The molecule has 0 aromatic carbocycles. The van der Waals surface area contributed by atoms with Crippen molar-refractivity contribution in [3.8, 4) is 0 Å². The molecule has 1 unspecified atom stereocenters. The van der Waals surface area contributed by atoms with Crippen LogP contribution in [0.15, 0.2) is 39.7 Å². The topological polar surface area (TPSA) is 64.8 Å². The van der Waals surface area contributed by atoms with Crippen molar-refractivity contribution in [3.05, 3.63) is 50.6 Å². The lowest BCUT2D eigenvalue weighted by atomic mass is 10.1. The molecular weight excluding hydrogens is 330 g/mol. The summed E-state index contributed by atoms with van der Waals surface area (Å²) in [6.45, 7) is 0.506. The second kappa shape index (κ2) is 5.65. The van der Waals surface area contributed by atoms with E-state index in [9.17, 15) is 9.00 Å². The van der Waals surface area contributed by atoms with Gasteiger partial charge in [-0.2, -0.15) is 0 Å². The third-order valence-corrected chi connectivity index (χ3v) is 5.69. The Balaban J connectivity index is 1.85. The summed E-state index contributed by atoms with van der Waals surface area (Å²) in [7, 11) is -1.28. The van der Waals surface area contributed by atoms with Gasteiger partial charge in [0.2, 0.25) is 5.16 Å². The fourth-order valence-corrected chi connectivity index (χ4v) is 4.10. The van der Waals surface area contributed by atoms with Crippen molar-refractivity contribution in [3.63, 3.8) is 0 Å². The van der Waals surface area contributed by atoms with Gasteiger partial charge < -0.3 is 0 Å². The Hall–Kier alpha value is -1.86. The maximum Gasteiger partial charge on any atom is 0.252 e. The van der Waals surface area contributed by atoms with Crippen LogP contribution in [0.4, 0.5) is 0 Å².